The van der Waals surface area contributed by atoms with E-state index >= 15 is 0 Å². The molecule has 0 saturated carbocycles. The zero-order valence-electron chi connectivity index (χ0n) is 14.8. The molecule has 0 amide bonds. The number of likely N-dealkylation sites (tertiary alicyclic amines) is 1. The maximum absolute atomic E-state index is 12.1. The van der Waals surface area contributed by atoms with Crippen LogP contribution in [0.3, 0.4) is 0 Å². The molecular weight excluding hydrogens is 320 g/mol. The topological polar surface area (TPSA) is 82.8 Å². The lowest BCUT2D eigenvalue weighted by molar-refractivity contribution is -0.144. The van der Waals surface area contributed by atoms with Crippen LogP contribution in [0.15, 0.2) is 24.4 Å². The number of aromatic nitrogens is 1. The summed E-state index contributed by atoms with van der Waals surface area (Å²) in [6.07, 6.45) is 2.92. The third-order valence-corrected chi connectivity index (χ3v) is 5.06. The monoisotopic (exact) mass is 344 g/mol. The smallest absolute Gasteiger partial charge is 0.335 e. The Hall–Kier alpha value is -2.34. The number of hydrogen-bond acceptors (Lipinski definition) is 3. The summed E-state index contributed by atoms with van der Waals surface area (Å²) >= 11 is 0. The van der Waals surface area contributed by atoms with Crippen molar-refractivity contribution in [2.24, 2.45) is 18.9 Å². The normalized spacial score (nSPS) is 22.8. The second kappa shape index (κ2) is 6.52. The highest BCUT2D eigenvalue weighted by molar-refractivity contribution is 5.96. The van der Waals surface area contributed by atoms with Crippen LogP contribution in [-0.4, -0.2) is 44.7 Å². The van der Waals surface area contributed by atoms with Crippen LogP contribution in [0.4, 0.5) is 0 Å². The van der Waals surface area contributed by atoms with Gasteiger partial charge in [0, 0.05) is 42.8 Å². The molecule has 3 rings (SSSR count). The zero-order chi connectivity index (χ0) is 18.3. The van der Waals surface area contributed by atoms with Gasteiger partial charge in [0.2, 0.25) is 0 Å². The first-order valence-electron chi connectivity index (χ1n) is 8.57. The lowest BCUT2D eigenvalue weighted by Crippen LogP contribution is -2.43. The van der Waals surface area contributed by atoms with E-state index in [0.717, 1.165) is 25.0 Å². The number of nitrogens with zero attached hydrogens (tertiary/aromatic N) is 2. The summed E-state index contributed by atoms with van der Waals surface area (Å²) < 4.78 is 1.86. The van der Waals surface area contributed by atoms with Crippen molar-refractivity contribution in [3.8, 4) is 0 Å². The van der Waals surface area contributed by atoms with Gasteiger partial charge < -0.3 is 14.8 Å². The Kier molecular flexibility index (Phi) is 4.56. The molecule has 1 saturated heterocycles. The van der Waals surface area contributed by atoms with Gasteiger partial charge in [-0.3, -0.25) is 9.69 Å². The summed E-state index contributed by atoms with van der Waals surface area (Å²) in [5.41, 5.74) is 1.67. The van der Waals surface area contributed by atoms with E-state index < -0.39 is 18.0 Å². The van der Waals surface area contributed by atoms with Crippen LogP contribution < -0.4 is 0 Å². The molecule has 0 aliphatic carbocycles. The minimum atomic E-state index is -1.01. The summed E-state index contributed by atoms with van der Waals surface area (Å²) in [4.78, 5) is 25.5. The largest absolute Gasteiger partial charge is 0.480 e. The number of benzene rings is 1. The Morgan fingerprint density at radius 3 is 2.36 bits per heavy atom. The Bertz CT molecular complexity index is 816. The predicted octanol–water partition coefficient (Wildman–Crippen LogP) is 2.98. The summed E-state index contributed by atoms with van der Waals surface area (Å²) in [5.74, 6) is -1.02. The average molecular weight is 344 g/mol. The Morgan fingerprint density at radius 1 is 1.16 bits per heavy atom. The van der Waals surface area contributed by atoms with Crippen molar-refractivity contribution >= 4 is 22.8 Å². The number of carboxylic acid groups (broad SMARTS) is 2. The molecule has 1 aliphatic rings. The molecule has 1 aliphatic heterocycles. The molecule has 134 valence electrons. The molecule has 25 heavy (non-hydrogen) atoms. The summed E-state index contributed by atoms with van der Waals surface area (Å²) in [7, 11) is 1.85. The molecule has 6 nitrogen and oxygen atoms in total. The molecule has 3 atom stereocenters. The van der Waals surface area contributed by atoms with Crippen LogP contribution in [0.25, 0.3) is 10.9 Å². The third-order valence-electron chi connectivity index (χ3n) is 5.06. The fourth-order valence-electron chi connectivity index (χ4n) is 4.18. The molecule has 1 aromatic heterocycles. The van der Waals surface area contributed by atoms with Crippen LogP contribution in [0.5, 0.6) is 0 Å². The van der Waals surface area contributed by atoms with Crippen LogP contribution >= 0.6 is 0 Å². The van der Waals surface area contributed by atoms with Crippen LogP contribution in [0.2, 0.25) is 0 Å². The molecule has 2 N–H and O–H groups in total. The first kappa shape index (κ1) is 17.5. The molecule has 6 heteroatoms. The number of fused-ring (bicyclic) bond motifs is 1. The van der Waals surface area contributed by atoms with Gasteiger partial charge in [-0.25, -0.2) is 4.79 Å². The molecule has 0 bridgehead atoms. The highest BCUT2D eigenvalue weighted by atomic mass is 16.4. The van der Waals surface area contributed by atoms with E-state index in [9.17, 15) is 19.8 Å². The number of hydrogen-bond donors (Lipinski definition) is 2. The number of carboxylic acids is 2. The van der Waals surface area contributed by atoms with Gasteiger partial charge in [0.1, 0.15) is 6.04 Å². The van der Waals surface area contributed by atoms with Crippen molar-refractivity contribution in [3.63, 3.8) is 0 Å². The van der Waals surface area contributed by atoms with Gasteiger partial charge in [0.05, 0.1) is 5.56 Å². The molecular formula is C19H24N2O4. The second-order valence-corrected chi connectivity index (χ2v) is 7.37. The molecule has 0 spiro atoms. The SMILES string of the molecule is C[C@@H]1C[C@H](C)CN(C(C(=O)O)c2cn(C)c3ccc(C(=O)O)cc23)C1. The molecule has 2 heterocycles. The lowest BCUT2D eigenvalue weighted by atomic mass is 9.89. The first-order valence-corrected chi connectivity index (χ1v) is 8.57. The van der Waals surface area contributed by atoms with Gasteiger partial charge in [-0.1, -0.05) is 13.8 Å². The lowest BCUT2D eigenvalue weighted by Gasteiger charge is -2.38. The second-order valence-electron chi connectivity index (χ2n) is 7.37. The minimum absolute atomic E-state index is 0.171. The highest BCUT2D eigenvalue weighted by Crippen LogP contribution is 2.34. The Labute approximate surface area is 146 Å². The number of aliphatic carboxylic acids is 1. The molecule has 0 radical (unpaired) electrons. The fourth-order valence-corrected chi connectivity index (χ4v) is 4.18. The highest BCUT2D eigenvalue weighted by Gasteiger charge is 2.34. The fraction of sp³-hybridized carbons (Fsp3) is 0.474. The predicted molar refractivity (Wildman–Crippen MR) is 94.8 cm³/mol. The van der Waals surface area contributed by atoms with Gasteiger partial charge in [-0.15, -0.1) is 0 Å². The average Bonchev–Trinajstić information content (AvgIpc) is 2.82. The van der Waals surface area contributed by atoms with Crippen LogP contribution in [0.1, 0.15) is 42.2 Å². The maximum Gasteiger partial charge on any atom is 0.335 e. The summed E-state index contributed by atoms with van der Waals surface area (Å²) in [6.45, 7) is 5.76. The van der Waals surface area contributed by atoms with E-state index in [-0.39, 0.29) is 5.56 Å². The van der Waals surface area contributed by atoms with Crippen molar-refractivity contribution in [1.82, 2.24) is 9.47 Å². The minimum Gasteiger partial charge on any atom is -0.480 e. The molecule has 1 aromatic carbocycles. The zero-order valence-corrected chi connectivity index (χ0v) is 14.8. The van der Waals surface area contributed by atoms with Gasteiger partial charge in [0.25, 0.3) is 0 Å². The van der Waals surface area contributed by atoms with Crippen molar-refractivity contribution in [2.75, 3.05) is 13.1 Å². The molecule has 1 fully saturated rings. The first-order chi connectivity index (χ1) is 11.8. The number of piperidine rings is 1. The summed E-state index contributed by atoms with van der Waals surface area (Å²) in [5, 5.41) is 19.9. The number of aryl methyl sites for hydroxylation is 1. The Balaban J connectivity index is 2.11. The third kappa shape index (κ3) is 3.26. The van der Waals surface area contributed by atoms with Crippen molar-refractivity contribution < 1.29 is 19.8 Å². The van der Waals surface area contributed by atoms with Gasteiger partial charge in [-0.05, 0) is 36.5 Å². The Morgan fingerprint density at radius 2 is 1.80 bits per heavy atom. The van der Waals surface area contributed by atoms with Gasteiger partial charge >= 0.3 is 11.9 Å². The van der Waals surface area contributed by atoms with E-state index in [1.54, 1.807) is 18.2 Å². The standard InChI is InChI=1S/C19H24N2O4/c1-11-6-12(2)9-21(8-11)17(19(24)25)15-10-20(3)16-5-4-13(18(22)23)7-14(15)16/h4-5,7,10-12,17H,6,8-9H2,1-3H3,(H,22,23)(H,24,25)/t11-,12+,17?. The van der Waals surface area contributed by atoms with E-state index in [0.29, 0.717) is 22.8 Å². The summed E-state index contributed by atoms with van der Waals surface area (Å²) in [6, 6.07) is 4.11. The van der Waals surface area contributed by atoms with Gasteiger partial charge in [-0.2, -0.15) is 0 Å². The number of carbonyl (C=O) groups is 2. The maximum atomic E-state index is 12.1. The van der Waals surface area contributed by atoms with E-state index in [1.807, 2.05) is 22.7 Å². The number of rotatable bonds is 4. The van der Waals surface area contributed by atoms with E-state index in [2.05, 4.69) is 13.8 Å². The van der Waals surface area contributed by atoms with Crippen molar-refractivity contribution in [1.29, 1.82) is 0 Å². The van der Waals surface area contributed by atoms with Crippen LogP contribution in [-0.2, 0) is 11.8 Å². The van der Waals surface area contributed by atoms with Crippen LogP contribution in [0, 0.1) is 11.8 Å². The van der Waals surface area contributed by atoms with E-state index in [1.165, 1.54) is 0 Å². The van der Waals surface area contributed by atoms with Crippen molar-refractivity contribution in [2.45, 2.75) is 26.3 Å². The van der Waals surface area contributed by atoms with Gasteiger partial charge in [0.15, 0.2) is 0 Å². The van der Waals surface area contributed by atoms with E-state index in [4.69, 9.17) is 0 Å². The quantitative estimate of drug-likeness (QED) is 0.891. The number of aromatic carboxylic acids is 1. The molecule has 2 aromatic rings. The molecule has 1 unspecified atom stereocenters. The van der Waals surface area contributed by atoms with Crippen molar-refractivity contribution in [3.05, 3.63) is 35.5 Å².